The maximum atomic E-state index is 12.5. The molecule has 0 aliphatic carbocycles. The molecule has 0 saturated carbocycles. The molecule has 18 heavy (non-hydrogen) atoms. The summed E-state index contributed by atoms with van der Waals surface area (Å²) in [6.45, 7) is 7.22. The zero-order valence-electron chi connectivity index (χ0n) is 11.9. The molecule has 1 fully saturated rings. The van der Waals surface area contributed by atoms with Crippen molar-refractivity contribution in [3.8, 4) is 0 Å². The number of carbonyl (C=O) groups is 1. The van der Waals surface area contributed by atoms with Crippen molar-refractivity contribution in [2.24, 2.45) is 11.1 Å². The number of carbonyl (C=O) groups excluding carboxylic acids is 1. The van der Waals surface area contributed by atoms with E-state index in [2.05, 4.69) is 0 Å². The van der Waals surface area contributed by atoms with Crippen molar-refractivity contribution in [2.75, 3.05) is 18.6 Å². The first-order valence-corrected chi connectivity index (χ1v) is 7.97. The van der Waals surface area contributed by atoms with Gasteiger partial charge in [0.1, 0.15) is 0 Å². The van der Waals surface area contributed by atoms with Crippen molar-refractivity contribution in [1.82, 2.24) is 4.90 Å². The van der Waals surface area contributed by atoms with Crippen LogP contribution in [-0.2, 0) is 14.6 Å². The molecule has 1 aliphatic heterocycles. The molecule has 1 amide bonds. The summed E-state index contributed by atoms with van der Waals surface area (Å²) in [5.41, 5.74) is 4.65. The minimum absolute atomic E-state index is 0.0658. The highest BCUT2D eigenvalue weighted by atomic mass is 32.2. The van der Waals surface area contributed by atoms with E-state index in [1.807, 2.05) is 13.8 Å². The molecular formula is C12H24N2O3S. The van der Waals surface area contributed by atoms with Crippen LogP contribution in [0, 0.1) is 5.41 Å². The second-order valence-corrected chi connectivity index (χ2v) is 8.55. The topological polar surface area (TPSA) is 80.5 Å². The van der Waals surface area contributed by atoms with Crippen LogP contribution >= 0.6 is 0 Å². The molecule has 0 bridgehead atoms. The van der Waals surface area contributed by atoms with E-state index < -0.39 is 20.8 Å². The Morgan fingerprint density at radius 3 is 2.11 bits per heavy atom. The molecule has 1 atom stereocenters. The second-order valence-electron chi connectivity index (χ2n) is 6.32. The average molecular weight is 276 g/mol. The van der Waals surface area contributed by atoms with Crippen molar-refractivity contribution < 1.29 is 13.2 Å². The van der Waals surface area contributed by atoms with Gasteiger partial charge in [0.25, 0.3) is 0 Å². The number of amides is 1. The first-order chi connectivity index (χ1) is 7.88. The summed E-state index contributed by atoms with van der Waals surface area (Å²) in [6.07, 6.45) is 0.519. The average Bonchev–Trinajstić information content (AvgIpc) is 2.54. The minimum atomic E-state index is -2.98. The number of nitrogens with two attached hydrogens (primary N) is 1. The normalized spacial score (nSPS) is 24.0. The standard InChI is InChI=1S/C12H24N2O3S/c1-11(2,12(3,4)13)10(15)14(5)9-6-7-18(16,17)8-9/h9H,6-8,13H2,1-5H3. The highest BCUT2D eigenvalue weighted by molar-refractivity contribution is 7.91. The van der Waals surface area contributed by atoms with Crippen LogP contribution in [0.15, 0.2) is 0 Å². The van der Waals surface area contributed by atoms with E-state index in [9.17, 15) is 13.2 Å². The fraction of sp³-hybridized carbons (Fsp3) is 0.917. The van der Waals surface area contributed by atoms with Gasteiger partial charge in [-0.25, -0.2) is 8.42 Å². The summed E-state index contributed by atoms with van der Waals surface area (Å²) in [4.78, 5) is 14.0. The van der Waals surface area contributed by atoms with Gasteiger partial charge < -0.3 is 10.6 Å². The highest BCUT2D eigenvalue weighted by Crippen LogP contribution is 2.32. The van der Waals surface area contributed by atoms with Gasteiger partial charge in [0.05, 0.1) is 16.9 Å². The van der Waals surface area contributed by atoms with Gasteiger partial charge in [-0.1, -0.05) is 0 Å². The third kappa shape index (κ3) is 2.85. The molecule has 1 saturated heterocycles. The zero-order chi connectivity index (χ0) is 14.4. The second kappa shape index (κ2) is 4.49. The Labute approximate surface area is 110 Å². The molecule has 1 rings (SSSR count). The molecule has 1 unspecified atom stereocenters. The van der Waals surface area contributed by atoms with E-state index in [1.54, 1.807) is 25.8 Å². The summed E-state index contributed by atoms with van der Waals surface area (Å²) in [7, 11) is -1.31. The third-order valence-corrected chi connectivity index (χ3v) is 5.97. The predicted octanol–water partition coefficient (Wildman–Crippen LogP) is 0.395. The van der Waals surface area contributed by atoms with Gasteiger partial charge in [0, 0.05) is 18.6 Å². The molecule has 0 spiro atoms. The SMILES string of the molecule is CN(C(=O)C(C)(C)C(C)(C)N)C1CCS(=O)(=O)C1. The van der Waals surface area contributed by atoms with E-state index in [0.717, 1.165) is 0 Å². The summed E-state index contributed by atoms with van der Waals surface area (Å²) >= 11 is 0. The molecule has 106 valence electrons. The number of nitrogens with zero attached hydrogens (tertiary/aromatic N) is 1. The molecule has 1 heterocycles. The van der Waals surface area contributed by atoms with Gasteiger partial charge in [-0.3, -0.25) is 4.79 Å². The van der Waals surface area contributed by atoms with Crippen LogP contribution in [0.4, 0.5) is 0 Å². The van der Waals surface area contributed by atoms with E-state index in [-0.39, 0.29) is 23.5 Å². The van der Waals surface area contributed by atoms with Crippen LogP contribution in [0.2, 0.25) is 0 Å². The lowest BCUT2D eigenvalue weighted by Gasteiger charge is -2.41. The molecule has 5 nitrogen and oxygen atoms in total. The van der Waals surface area contributed by atoms with Crippen LogP contribution < -0.4 is 5.73 Å². The maximum absolute atomic E-state index is 12.5. The Morgan fingerprint density at radius 1 is 1.28 bits per heavy atom. The molecule has 0 aromatic heterocycles. The molecule has 1 aliphatic rings. The van der Waals surface area contributed by atoms with E-state index in [4.69, 9.17) is 5.73 Å². The molecule has 0 aromatic rings. The van der Waals surface area contributed by atoms with Gasteiger partial charge in [-0.15, -0.1) is 0 Å². The fourth-order valence-electron chi connectivity index (χ4n) is 1.96. The third-order valence-electron chi connectivity index (χ3n) is 4.22. The van der Waals surface area contributed by atoms with Crippen molar-refractivity contribution in [3.05, 3.63) is 0 Å². The number of rotatable bonds is 3. The van der Waals surface area contributed by atoms with Crippen LogP contribution in [-0.4, -0.2) is 49.4 Å². The molecule has 6 heteroatoms. The number of hydrogen-bond donors (Lipinski definition) is 1. The van der Waals surface area contributed by atoms with Crippen LogP contribution in [0.1, 0.15) is 34.1 Å². The number of hydrogen-bond acceptors (Lipinski definition) is 4. The quantitative estimate of drug-likeness (QED) is 0.809. The minimum Gasteiger partial charge on any atom is -0.341 e. The Kier molecular flexibility index (Phi) is 3.85. The first kappa shape index (κ1) is 15.4. The predicted molar refractivity (Wildman–Crippen MR) is 71.9 cm³/mol. The van der Waals surface area contributed by atoms with Crippen molar-refractivity contribution in [2.45, 2.75) is 45.7 Å². The monoisotopic (exact) mass is 276 g/mol. The largest absolute Gasteiger partial charge is 0.341 e. The van der Waals surface area contributed by atoms with Crippen molar-refractivity contribution >= 4 is 15.7 Å². The van der Waals surface area contributed by atoms with Crippen molar-refractivity contribution in [3.63, 3.8) is 0 Å². The van der Waals surface area contributed by atoms with Crippen molar-refractivity contribution in [1.29, 1.82) is 0 Å². The summed E-state index contributed by atoms with van der Waals surface area (Å²) < 4.78 is 22.9. The Hall–Kier alpha value is -0.620. The lowest BCUT2D eigenvalue weighted by Crippen LogP contribution is -2.57. The van der Waals surface area contributed by atoms with E-state index >= 15 is 0 Å². The van der Waals surface area contributed by atoms with Crippen LogP contribution in [0.25, 0.3) is 0 Å². The Bertz CT molecular complexity index is 435. The van der Waals surface area contributed by atoms with Gasteiger partial charge in [-0.2, -0.15) is 0 Å². The maximum Gasteiger partial charge on any atom is 0.230 e. The first-order valence-electron chi connectivity index (χ1n) is 6.15. The Morgan fingerprint density at radius 2 is 1.78 bits per heavy atom. The summed E-state index contributed by atoms with van der Waals surface area (Å²) in [5.74, 6) is 0.134. The van der Waals surface area contributed by atoms with Gasteiger partial charge in [-0.05, 0) is 34.1 Å². The lowest BCUT2D eigenvalue weighted by atomic mass is 9.74. The summed E-state index contributed by atoms with van der Waals surface area (Å²) in [6, 6.07) is -0.218. The molecule has 2 N–H and O–H groups in total. The molecule has 0 aromatic carbocycles. The molecular weight excluding hydrogens is 252 g/mol. The highest BCUT2D eigenvalue weighted by Gasteiger charge is 2.44. The van der Waals surface area contributed by atoms with E-state index in [0.29, 0.717) is 6.42 Å². The molecule has 0 radical (unpaired) electrons. The van der Waals surface area contributed by atoms with Crippen LogP contribution in [0.3, 0.4) is 0 Å². The fourth-order valence-corrected chi connectivity index (χ4v) is 3.74. The lowest BCUT2D eigenvalue weighted by molar-refractivity contribution is -0.143. The van der Waals surface area contributed by atoms with E-state index in [1.165, 1.54) is 0 Å². The van der Waals surface area contributed by atoms with Gasteiger partial charge >= 0.3 is 0 Å². The summed E-state index contributed by atoms with van der Waals surface area (Å²) in [5, 5.41) is 0. The number of sulfone groups is 1. The van der Waals surface area contributed by atoms with Crippen LogP contribution in [0.5, 0.6) is 0 Å². The smallest absolute Gasteiger partial charge is 0.230 e. The zero-order valence-corrected chi connectivity index (χ0v) is 12.7. The van der Waals surface area contributed by atoms with Gasteiger partial charge in [0.15, 0.2) is 9.84 Å². The van der Waals surface area contributed by atoms with Gasteiger partial charge in [0.2, 0.25) is 5.91 Å². The Balaban J connectivity index is 2.86.